The number of rotatable bonds is 5. The summed E-state index contributed by atoms with van der Waals surface area (Å²) in [6.07, 6.45) is 3.63. The SMILES string of the molecule is COC(=O)Nc1cncc(-c2ccc([C@@]3(CC(=O)NO)CCCCS3(=O)=O)s2)c1. The number of hydroxylamine groups is 1. The van der Waals surface area contributed by atoms with Gasteiger partial charge in [0.2, 0.25) is 5.91 Å². The lowest BCUT2D eigenvalue weighted by atomic mass is 9.94. The molecule has 0 radical (unpaired) electrons. The molecule has 3 N–H and O–H groups in total. The minimum atomic E-state index is -3.59. The average molecular weight is 440 g/mol. The standard InChI is InChI=1S/C18H21N3O6S2/c1-27-17(23)20-13-8-12(10-19-11-13)14-4-5-15(28-14)18(9-16(22)21-24)6-2-3-7-29(18,25)26/h4-5,8,10-11,24H,2-3,6-7,9H2,1H3,(H,20,23)(H,21,22)/t18-/m0/s1. The Hall–Kier alpha value is -2.50. The molecule has 9 nitrogen and oxygen atoms in total. The van der Waals surface area contributed by atoms with Crippen LogP contribution in [0.4, 0.5) is 10.5 Å². The number of ether oxygens (including phenoxy) is 1. The predicted octanol–water partition coefficient (Wildman–Crippen LogP) is 2.68. The van der Waals surface area contributed by atoms with Crippen molar-refractivity contribution in [2.75, 3.05) is 18.2 Å². The van der Waals surface area contributed by atoms with E-state index >= 15 is 0 Å². The van der Waals surface area contributed by atoms with Gasteiger partial charge in [0.25, 0.3) is 0 Å². The quantitative estimate of drug-likeness (QED) is 0.481. The number of aromatic nitrogens is 1. The van der Waals surface area contributed by atoms with Crippen molar-refractivity contribution in [2.24, 2.45) is 0 Å². The monoisotopic (exact) mass is 439 g/mol. The van der Waals surface area contributed by atoms with Crippen LogP contribution in [0.3, 0.4) is 0 Å². The molecule has 1 aliphatic rings. The maximum absolute atomic E-state index is 13.0. The largest absolute Gasteiger partial charge is 0.453 e. The van der Waals surface area contributed by atoms with Gasteiger partial charge in [0.15, 0.2) is 9.84 Å². The van der Waals surface area contributed by atoms with E-state index in [1.54, 1.807) is 29.9 Å². The topological polar surface area (TPSA) is 135 Å². The van der Waals surface area contributed by atoms with E-state index in [0.717, 1.165) is 4.88 Å². The molecule has 1 aliphatic heterocycles. The minimum Gasteiger partial charge on any atom is -0.453 e. The first kappa shape index (κ1) is 21.2. The fraction of sp³-hybridized carbons (Fsp3) is 0.389. The smallest absolute Gasteiger partial charge is 0.411 e. The van der Waals surface area contributed by atoms with Crippen LogP contribution in [0.2, 0.25) is 0 Å². The van der Waals surface area contributed by atoms with Crippen molar-refractivity contribution >= 4 is 38.9 Å². The van der Waals surface area contributed by atoms with Gasteiger partial charge in [-0.3, -0.25) is 20.3 Å². The molecule has 1 fully saturated rings. The van der Waals surface area contributed by atoms with Crippen LogP contribution in [0.15, 0.2) is 30.6 Å². The number of sulfone groups is 1. The summed E-state index contributed by atoms with van der Waals surface area (Å²) in [5.74, 6) is -0.740. The van der Waals surface area contributed by atoms with Gasteiger partial charge in [0, 0.05) is 21.5 Å². The van der Waals surface area contributed by atoms with Crippen molar-refractivity contribution in [1.82, 2.24) is 10.5 Å². The summed E-state index contributed by atoms with van der Waals surface area (Å²) >= 11 is 1.25. The van der Waals surface area contributed by atoms with Gasteiger partial charge in [0.1, 0.15) is 4.75 Å². The Morgan fingerprint density at radius 3 is 2.79 bits per heavy atom. The van der Waals surface area contributed by atoms with Crippen LogP contribution in [-0.4, -0.2) is 43.5 Å². The molecular weight excluding hydrogens is 418 g/mol. The molecular formula is C18H21N3O6S2. The van der Waals surface area contributed by atoms with E-state index in [1.165, 1.54) is 24.6 Å². The van der Waals surface area contributed by atoms with Gasteiger partial charge in [-0.15, -0.1) is 11.3 Å². The summed E-state index contributed by atoms with van der Waals surface area (Å²) in [6.45, 7) is 0. The Labute approximate surface area is 172 Å². The number of thiophene rings is 1. The molecule has 11 heteroatoms. The highest BCUT2D eigenvalue weighted by Crippen LogP contribution is 2.47. The number of methoxy groups -OCH3 is 1. The second kappa shape index (κ2) is 8.47. The molecule has 0 unspecified atom stereocenters. The summed E-state index contributed by atoms with van der Waals surface area (Å²) in [4.78, 5) is 28.7. The lowest BCUT2D eigenvalue weighted by Gasteiger charge is -2.35. The Morgan fingerprint density at radius 1 is 1.31 bits per heavy atom. The van der Waals surface area contributed by atoms with Gasteiger partial charge in [0.05, 0.1) is 31.2 Å². The van der Waals surface area contributed by atoms with Gasteiger partial charge in [-0.05, 0) is 31.0 Å². The molecule has 0 aliphatic carbocycles. The summed E-state index contributed by atoms with van der Waals surface area (Å²) < 4.78 is 29.2. The van der Waals surface area contributed by atoms with Crippen molar-refractivity contribution in [3.05, 3.63) is 35.5 Å². The molecule has 0 aromatic carbocycles. The third kappa shape index (κ3) is 4.26. The van der Waals surface area contributed by atoms with Crippen LogP contribution in [0.25, 0.3) is 10.4 Å². The number of carbonyl (C=O) groups is 2. The number of pyridine rings is 1. The number of carbonyl (C=O) groups excluding carboxylic acids is 2. The first-order valence-corrected chi connectivity index (χ1v) is 11.3. The third-order valence-electron chi connectivity index (χ3n) is 4.92. The highest BCUT2D eigenvalue weighted by atomic mass is 32.2. The van der Waals surface area contributed by atoms with Crippen LogP contribution >= 0.6 is 11.3 Å². The zero-order valence-electron chi connectivity index (χ0n) is 15.7. The van der Waals surface area contributed by atoms with Gasteiger partial charge < -0.3 is 4.74 Å². The molecule has 0 spiro atoms. The maximum Gasteiger partial charge on any atom is 0.411 e. The van der Waals surface area contributed by atoms with E-state index in [-0.39, 0.29) is 12.2 Å². The molecule has 3 rings (SSSR count). The summed E-state index contributed by atoms with van der Waals surface area (Å²) in [6, 6.07) is 5.16. The number of hydrogen-bond acceptors (Lipinski definition) is 8. The van der Waals surface area contributed by atoms with E-state index in [9.17, 15) is 18.0 Å². The van der Waals surface area contributed by atoms with Crippen LogP contribution < -0.4 is 10.8 Å². The fourth-order valence-electron chi connectivity index (χ4n) is 3.46. The number of hydrogen-bond donors (Lipinski definition) is 3. The number of nitrogens with zero attached hydrogens (tertiary/aromatic N) is 1. The van der Waals surface area contributed by atoms with Crippen molar-refractivity contribution in [1.29, 1.82) is 0 Å². The Kier molecular flexibility index (Phi) is 6.20. The second-order valence-electron chi connectivity index (χ2n) is 6.72. The molecule has 3 heterocycles. The van der Waals surface area contributed by atoms with Gasteiger partial charge >= 0.3 is 6.09 Å². The van der Waals surface area contributed by atoms with E-state index < -0.39 is 26.6 Å². The summed E-state index contributed by atoms with van der Waals surface area (Å²) in [5.41, 5.74) is 2.67. The van der Waals surface area contributed by atoms with E-state index in [0.29, 0.717) is 35.4 Å². The van der Waals surface area contributed by atoms with Gasteiger partial charge in [-0.25, -0.2) is 18.7 Å². The fourth-order valence-corrected chi connectivity index (χ4v) is 7.22. The molecule has 1 atom stereocenters. The van der Waals surface area contributed by atoms with E-state index in [4.69, 9.17) is 5.21 Å². The molecule has 0 bridgehead atoms. The van der Waals surface area contributed by atoms with Crippen molar-refractivity contribution in [2.45, 2.75) is 30.4 Å². The molecule has 2 amide bonds. The minimum absolute atomic E-state index is 0.000960. The second-order valence-corrected chi connectivity index (χ2v) is 10.2. The molecule has 1 saturated heterocycles. The predicted molar refractivity (Wildman–Crippen MR) is 107 cm³/mol. The number of amides is 2. The highest BCUT2D eigenvalue weighted by Gasteiger charge is 2.49. The molecule has 2 aromatic heterocycles. The van der Waals surface area contributed by atoms with Crippen LogP contribution in [0, 0.1) is 0 Å². The lowest BCUT2D eigenvalue weighted by Crippen LogP contribution is -2.43. The summed E-state index contributed by atoms with van der Waals surface area (Å²) in [7, 11) is -2.34. The molecule has 2 aromatic rings. The Bertz CT molecular complexity index is 1020. The Morgan fingerprint density at radius 2 is 2.10 bits per heavy atom. The van der Waals surface area contributed by atoms with E-state index in [2.05, 4.69) is 15.0 Å². The van der Waals surface area contributed by atoms with Crippen molar-refractivity contribution < 1.29 is 28.0 Å². The van der Waals surface area contributed by atoms with Crippen LogP contribution in [0.5, 0.6) is 0 Å². The zero-order chi connectivity index (χ0) is 21.1. The molecule has 29 heavy (non-hydrogen) atoms. The Balaban J connectivity index is 1.99. The highest BCUT2D eigenvalue weighted by molar-refractivity contribution is 7.92. The first-order valence-electron chi connectivity index (χ1n) is 8.87. The number of anilines is 1. The average Bonchev–Trinajstić information content (AvgIpc) is 3.20. The molecule has 0 saturated carbocycles. The van der Waals surface area contributed by atoms with Gasteiger partial charge in [-0.2, -0.15) is 0 Å². The van der Waals surface area contributed by atoms with Crippen LogP contribution in [-0.2, 0) is 24.1 Å². The third-order valence-corrected chi connectivity index (χ3v) is 8.97. The molecule has 156 valence electrons. The maximum atomic E-state index is 13.0. The first-order chi connectivity index (χ1) is 13.8. The normalized spacial score (nSPS) is 20.6. The van der Waals surface area contributed by atoms with Crippen LogP contribution in [0.1, 0.15) is 30.6 Å². The van der Waals surface area contributed by atoms with Crippen molar-refractivity contribution in [3.8, 4) is 10.4 Å². The van der Waals surface area contributed by atoms with E-state index in [1.807, 2.05) is 0 Å². The van der Waals surface area contributed by atoms with Gasteiger partial charge in [-0.1, -0.05) is 6.42 Å². The van der Waals surface area contributed by atoms with Crippen molar-refractivity contribution in [3.63, 3.8) is 0 Å². The number of nitrogens with one attached hydrogen (secondary N) is 2. The summed E-state index contributed by atoms with van der Waals surface area (Å²) in [5, 5.41) is 11.5. The zero-order valence-corrected chi connectivity index (χ0v) is 17.3. The lowest BCUT2D eigenvalue weighted by molar-refractivity contribution is -0.130.